The van der Waals surface area contributed by atoms with Crippen LogP contribution >= 0.6 is 23.8 Å². The Morgan fingerprint density at radius 2 is 1.70 bits per heavy atom. The first-order chi connectivity index (χ1) is 14.6. The summed E-state index contributed by atoms with van der Waals surface area (Å²) in [6, 6.07) is 21.3. The third kappa shape index (κ3) is 5.65. The van der Waals surface area contributed by atoms with Crippen molar-refractivity contribution < 1.29 is 14.2 Å². The van der Waals surface area contributed by atoms with Crippen LogP contribution in [-0.4, -0.2) is 25.8 Å². The lowest BCUT2D eigenvalue weighted by Gasteiger charge is -2.17. The predicted octanol–water partition coefficient (Wildman–Crippen LogP) is 5.44. The minimum atomic E-state index is 0.321. The van der Waals surface area contributed by atoms with Gasteiger partial charge in [-0.2, -0.15) is 0 Å². The maximum atomic E-state index is 6.26. The zero-order chi connectivity index (χ0) is 21.3. The second-order valence-corrected chi connectivity index (χ2v) is 7.39. The van der Waals surface area contributed by atoms with Crippen molar-refractivity contribution in [2.24, 2.45) is 0 Å². The van der Waals surface area contributed by atoms with E-state index in [1.54, 1.807) is 14.2 Å². The molecule has 156 valence electrons. The monoisotopic (exact) mass is 441 g/mol. The number of rotatable bonds is 9. The van der Waals surface area contributed by atoms with Crippen LogP contribution < -0.4 is 19.5 Å². The number of nitrogens with one attached hydrogen (secondary N) is 1. The molecule has 0 saturated heterocycles. The molecule has 3 aromatic rings. The number of para-hydroxylation sites is 1. The molecule has 0 aliphatic carbocycles. The average Bonchev–Trinajstić information content (AvgIpc) is 2.78. The Morgan fingerprint density at radius 3 is 2.40 bits per heavy atom. The maximum Gasteiger partial charge on any atom is 0.171 e. The Hall–Kier alpha value is -2.76. The molecule has 1 N–H and O–H groups in total. The molecule has 0 radical (unpaired) electrons. The number of hydrogen-bond acceptors (Lipinski definition) is 4. The smallest absolute Gasteiger partial charge is 0.171 e. The minimum Gasteiger partial charge on any atom is -0.497 e. The van der Waals surface area contributed by atoms with Crippen molar-refractivity contribution in [2.75, 3.05) is 20.8 Å². The summed E-state index contributed by atoms with van der Waals surface area (Å²) in [6.07, 6.45) is 0.837. The second kappa shape index (κ2) is 10.9. The van der Waals surface area contributed by atoms with Crippen molar-refractivity contribution in [3.05, 3.63) is 88.4 Å². The SMILES string of the molecule is COc1ccc(CCNC(=S)c2cccc(OC)c2OCc2ccccc2Cl)cc1. The van der Waals surface area contributed by atoms with Crippen LogP contribution in [0.5, 0.6) is 17.2 Å². The molecule has 6 heteroatoms. The van der Waals surface area contributed by atoms with Gasteiger partial charge >= 0.3 is 0 Å². The Balaban J connectivity index is 1.67. The fourth-order valence-corrected chi connectivity index (χ4v) is 3.43. The van der Waals surface area contributed by atoms with E-state index in [2.05, 4.69) is 5.32 Å². The Morgan fingerprint density at radius 1 is 0.933 bits per heavy atom. The summed E-state index contributed by atoms with van der Waals surface area (Å²) in [5, 5.41) is 3.98. The van der Waals surface area contributed by atoms with E-state index in [1.165, 1.54) is 5.56 Å². The van der Waals surface area contributed by atoms with Crippen LogP contribution in [0.1, 0.15) is 16.7 Å². The molecule has 0 aliphatic heterocycles. The summed E-state index contributed by atoms with van der Waals surface area (Å²) in [6.45, 7) is 1.02. The van der Waals surface area contributed by atoms with Gasteiger partial charge in [0.1, 0.15) is 17.3 Å². The van der Waals surface area contributed by atoms with Gasteiger partial charge in [-0.25, -0.2) is 0 Å². The molecule has 0 spiro atoms. The molecule has 0 amide bonds. The molecule has 0 heterocycles. The van der Waals surface area contributed by atoms with Crippen LogP contribution in [0.2, 0.25) is 5.02 Å². The molecule has 0 unspecified atom stereocenters. The van der Waals surface area contributed by atoms with Crippen LogP contribution in [0.25, 0.3) is 0 Å². The molecule has 0 fully saturated rings. The summed E-state index contributed by atoms with van der Waals surface area (Å²) in [7, 11) is 3.27. The van der Waals surface area contributed by atoms with Crippen LogP contribution in [0.4, 0.5) is 0 Å². The van der Waals surface area contributed by atoms with Gasteiger partial charge in [-0.15, -0.1) is 0 Å². The fourth-order valence-electron chi connectivity index (χ4n) is 2.98. The van der Waals surface area contributed by atoms with Gasteiger partial charge in [0, 0.05) is 17.1 Å². The predicted molar refractivity (Wildman–Crippen MR) is 125 cm³/mol. The van der Waals surface area contributed by atoms with Crippen molar-refractivity contribution in [1.29, 1.82) is 0 Å². The van der Waals surface area contributed by atoms with Gasteiger partial charge in [-0.05, 0) is 42.3 Å². The summed E-state index contributed by atoms with van der Waals surface area (Å²) >= 11 is 11.9. The molecule has 0 bridgehead atoms. The first-order valence-corrected chi connectivity index (χ1v) is 10.4. The molecule has 0 aromatic heterocycles. The lowest BCUT2D eigenvalue weighted by molar-refractivity contribution is 0.284. The van der Waals surface area contributed by atoms with E-state index in [4.69, 9.17) is 38.0 Å². The Kier molecular flexibility index (Phi) is 7.94. The first-order valence-electron chi connectivity index (χ1n) is 9.56. The second-order valence-electron chi connectivity index (χ2n) is 6.57. The van der Waals surface area contributed by atoms with E-state index >= 15 is 0 Å². The lowest BCUT2D eigenvalue weighted by Crippen LogP contribution is -2.25. The average molecular weight is 442 g/mol. The summed E-state index contributed by atoms with van der Waals surface area (Å²) in [5.41, 5.74) is 2.88. The highest BCUT2D eigenvalue weighted by atomic mass is 35.5. The molecular weight excluding hydrogens is 418 g/mol. The lowest BCUT2D eigenvalue weighted by atomic mass is 10.1. The number of ether oxygens (including phenoxy) is 3. The van der Waals surface area contributed by atoms with E-state index in [0.29, 0.717) is 34.7 Å². The molecule has 4 nitrogen and oxygen atoms in total. The van der Waals surface area contributed by atoms with Gasteiger partial charge in [0.15, 0.2) is 11.5 Å². The molecule has 0 saturated carbocycles. The van der Waals surface area contributed by atoms with Gasteiger partial charge in [-0.1, -0.05) is 60.2 Å². The van der Waals surface area contributed by atoms with Crippen molar-refractivity contribution in [3.8, 4) is 17.2 Å². The maximum absolute atomic E-state index is 6.26. The number of benzene rings is 3. The third-order valence-electron chi connectivity index (χ3n) is 4.63. The first kappa shape index (κ1) is 21.9. The molecule has 3 aromatic carbocycles. The Labute approximate surface area is 187 Å². The van der Waals surface area contributed by atoms with Gasteiger partial charge in [0.2, 0.25) is 0 Å². The zero-order valence-electron chi connectivity index (χ0n) is 17.0. The van der Waals surface area contributed by atoms with Crippen molar-refractivity contribution in [2.45, 2.75) is 13.0 Å². The van der Waals surface area contributed by atoms with E-state index in [1.807, 2.05) is 66.7 Å². The van der Waals surface area contributed by atoms with E-state index in [9.17, 15) is 0 Å². The highest BCUT2D eigenvalue weighted by molar-refractivity contribution is 7.80. The van der Waals surface area contributed by atoms with E-state index in [-0.39, 0.29) is 0 Å². The fraction of sp³-hybridized carbons (Fsp3) is 0.208. The van der Waals surface area contributed by atoms with Crippen LogP contribution in [0, 0.1) is 0 Å². The molecule has 30 heavy (non-hydrogen) atoms. The minimum absolute atomic E-state index is 0.321. The number of methoxy groups -OCH3 is 2. The zero-order valence-corrected chi connectivity index (χ0v) is 18.6. The van der Waals surface area contributed by atoms with Gasteiger partial charge in [0.25, 0.3) is 0 Å². The van der Waals surface area contributed by atoms with Crippen LogP contribution in [0.15, 0.2) is 66.7 Å². The van der Waals surface area contributed by atoms with Gasteiger partial charge < -0.3 is 19.5 Å². The normalized spacial score (nSPS) is 10.4. The van der Waals surface area contributed by atoms with E-state index in [0.717, 1.165) is 23.3 Å². The highest BCUT2D eigenvalue weighted by Gasteiger charge is 2.15. The van der Waals surface area contributed by atoms with Gasteiger partial charge in [0.05, 0.1) is 19.8 Å². The van der Waals surface area contributed by atoms with Crippen LogP contribution in [-0.2, 0) is 13.0 Å². The molecule has 3 rings (SSSR count). The summed E-state index contributed by atoms with van der Waals surface area (Å²) in [4.78, 5) is 0.608. The third-order valence-corrected chi connectivity index (χ3v) is 5.36. The molecule has 0 atom stereocenters. The molecular formula is C24H24ClNO3S. The summed E-state index contributed by atoms with van der Waals surface area (Å²) < 4.78 is 16.8. The summed E-state index contributed by atoms with van der Waals surface area (Å²) in [5.74, 6) is 2.07. The van der Waals surface area contributed by atoms with Crippen molar-refractivity contribution >= 4 is 28.8 Å². The van der Waals surface area contributed by atoms with Crippen LogP contribution in [0.3, 0.4) is 0 Å². The number of hydrogen-bond donors (Lipinski definition) is 1. The topological polar surface area (TPSA) is 39.7 Å². The number of halogens is 1. The van der Waals surface area contributed by atoms with Crippen molar-refractivity contribution in [1.82, 2.24) is 5.32 Å². The van der Waals surface area contributed by atoms with E-state index < -0.39 is 0 Å². The van der Waals surface area contributed by atoms with Crippen molar-refractivity contribution in [3.63, 3.8) is 0 Å². The van der Waals surface area contributed by atoms with Gasteiger partial charge in [-0.3, -0.25) is 0 Å². The molecule has 0 aliphatic rings. The standard InChI is InChI=1S/C24H24ClNO3S/c1-27-19-12-10-17(11-13-19)14-15-26-24(30)20-7-5-9-22(28-2)23(20)29-16-18-6-3-4-8-21(18)25/h3-13H,14-16H2,1-2H3,(H,26,30). The highest BCUT2D eigenvalue weighted by Crippen LogP contribution is 2.32. The quantitative estimate of drug-likeness (QED) is 0.447. The number of thiocarbonyl (C=S) groups is 1. The largest absolute Gasteiger partial charge is 0.497 e. The Bertz CT molecular complexity index is 992.